The summed E-state index contributed by atoms with van der Waals surface area (Å²) in [6.07, 6.45) is 4.91. The molecule has 1 saturated heterocycles. The van der Waals surface area contributed by atoms with Crippen molar-refractivity contribution < 1.29 is 9.26 Å². The van der Waals surface area contributed by atoms with Gasteiger partial charge in [0, 0.05) is 37.3 Å². The zero-order valence-corrected chi connectivity index (χ0v) is 18.0. The third-order valence-corrected chi connectivity index (χ3v) is 5.82. The maximum Gasteiger partial charge on any atom is 0.231 e. The van der Waals surface area contributed by atoms with Crippen LogP contribution in [0.3, 0.4) is 0 Å². The minimum absolute atomic E-state index is 0.298. The Morgan fingerprint density at radius 1 is 1.23 bits per heavy atom. The van der Waals surface area contributed by atoms with Crippen LogP contribution in [0, 0.1) is 6.92 Å². The fourth-order valence-electron chi connectivity index (χ4n) is 4.06. The topological polar surface area (TPSA) is 69.2 Å². The molecule has 2 aromatic heterocycles. The number of likely N-dealkylation sites (tertiary alicyclic amines) is 1. The van der Waals surface area contributed by atoms with E-state index in [9.17, 15) is 0 Å². The van der Waals surface area contributed by atoms with Gasteiger partial charge in [-0.15, -0.1) is 0 Å². The Balaban J connectivity index is 1.26. The van der Waals surface area contributed by atoms with Gasteiger partial charge in [0.25, 0.3) is 0 Å². The summed E-state index contributed by atoms with van der Waals surface area (Å²) in [7, 11) is 0. The number of benzene rings is 1. The highest BCUT2D eigenvalue weighted by Crippen LogP contribution is 2.27. The lowest BCUT2D eigenvalue weighted by molar-refractivity contribution is 0.122. The molecule has 7 heteroatoms. The molecule has 4 rings (SSSR count). The number of hydrogen-bond acceptors (Lipinski definition) is 6. The molecular formula is C23H31N5O2. The van der Waals surface area contributed by atoms with Crippen LogP contribution in [0.2, 0.25) is 0 Å². The predicted octanol–water partition coefficient (Wildman–Crippen LogP) is 3.73. The van der Waals surface area contributed by atoms with Crippen LogP contribution >= 0.6 is 0 Å². The van der Waals surface area contributed by atoms with Gasteiger partial charge in [0.05, 0.1) is 25.3 Å². The number of hydrogen-bond donors (Lipinski definition) is 0. The lowest BCUT2D eigenvalue weighted by atomic mass is 9.97. The molecule has 1 unspecified atom stereocenters. The zero-order chi connectivity index (χ0) is 20.8. The van der Waals surface area contributed by atoms with Crippen LogP contribution < -0.4 is 0 Å². The van der Waals surface area contributed by atoms with E-state index in [1.807, 2.05) is 24.4 Å². The Kier molecular flexibility index (Phi) is 6.92. The molecule has 1 fully saturated rings. The largest absolute Gasteiger partial charge is 0.376 e. The molecule has 0 aliphatic carbocycles. The number of rotatable bonds is 9. The molecule has 0 spiro atoms. The predicted molar refractivity (Wildman–Crippen MR) is 114 cm³/mol. The van der Waals surface area contributed by atoms with Crippen molar-refractivity contribution in [1.29, 1.82) is 0 Å². The number of nitrogens with zero attached hydrogens (tertiary/aromatic N) is 5. The van der Waals surface area contributed by atoms with Gasteiger partial charge in [0.2, 0.25) is 5.89 Å². The van der Waals surface area contributed by atoms with Crippen molar-refractivity contribution in [3.8, 4) is 0 Å². The molecule has 30 heavy (non-hydrogen) atoms. The highest BCUT2D eigenvalue weighted by atomic mass is 16.5. The minimum Gasteiger partial charge on any atom is -0.376 e. The summed E-state index contributed by atoms with van der Waals surface area (Å²) >= 11 is 0. The molecule has 160 valence electrons. The Labute approximate surface area is 178 Å². The molecule has 3 heterocycles. The van der Waals surface area contributed by atoms with Crippen molar-refractivity contribution in [1.82, 2.24) is 24.8 Å². The maximum atomic E-state index is 5.75. The summed E-state index contributed by atoms with van der Waals surface area (Å²) in [5, 5.41) is 8.65. The first-order valence-electron chi connectivity index (χ1n) is 10.9. The van der Waals surface area contributed by atoms with Gasteiger partial charge in [0.1, 0.15) is 0 Å². The Morgan fingerprint density at radius 2 is 2.10 bits per heavy atom. The first kappa shape index (κ1) is 20.8. The molecule has 1 aliphatic heterocycles. The molecule has 0 N–H and O–H groups in total. The van der Waals surface area contributed by atoms with Crippen molar-refractivity contribution in [2.24, 2.45) is 0 Å². The number of piperidine rings is 1. The van der Waals surface area contributed by atoms with Gasteiger partial charge in [-0.3, -0.25) is 9.58 Å². The molecule has 7 nitrogen and oxygen atoms in total. The molecule has 1 aliphatic rings. The van der Waals surface area contributed by atoms with Crippen molar-refractivity contribution >= 4 is 0 Å². The molecule has 0 saturated carbocycles. The molecule has 1 atom stereocenters. The normalized spacial score (nSPS) is 17.5. The van der Waals surface area contributed by atoms with Crippen molar-refractivity contribution in [2.45, 2.75) is 58.7 Å². The summed E-state index contributed by atoms with van der Waals surface area (Å²) in [6, 6.07) is 10.2. The Bertz CT molecular complexity index is 921. The maximum absolute atomic E-state index is 5.75. The summed E-state index contributed by atoms with van der Waals surface area (Å²) in [5.74, 6) is 1.79. The fourth-order valence-corrected chi connectivity index (χ4v) is 4.06. The third kappa shape index (κ3) is 5.15. The van der Waals surface area contributed by atoms with Gasteiger partial charge in [-0.1, -0.05) is 35.5 Å². The summed E-state index contributed by atoms with van der Waals surface area (Å²) in [6.45, 7) is 9.36. The SMILES string of the molecule is CCn1ncc(CN2CCCC(c3nc(CCOCc4ccccc4)no3)C2)c1C. The van der Waals surface area contributed by atoms with Crippen LogP contribution in [0.25, 0.3) is 0 Å². The van der Waals surface area contributed by atoms with E-state index >= 15 is 0 Å². The van der Waals surface area contributed by atoms with E-state index in [0.717, 1.165) is 50.7 Å². The highest BCUT2D eigenvalue weighted by Gasteiger charge is 2.26. The smallest absolute Gasteiger partial charge is 0.231 e. The molecule has 0 bridgehead atoms. The minimum atomic E-state index is 0.298. The van der Waals surface area contributed by atoms with Gasteiger partial charge in [0.15, 0.2) is 5.82 Å². The quantitative estimate of drug-likeness (QED) is 0.502. The second kappa shape index (κ2) is 10.00. The summed E-state index contributed by atoms with van der Waals surface area (Å²) < 4.78 is 13.4. The van der Waals surface area contributed by atoms with E-state index in [0.29, 0.717) is 25.6 Å². The second-order valence-electron chi connectivity index (χ2n) is 7.98. The first-order chi connectivity index (χ1) is 14.7. The summed E-state index contributed by atoms with van der Waals surface area (Å²) in [5.41, 5.74) is 3.74. The molecule has 3 aromatic rings. The molecule has 0 radical (unpaired) electrons. The van der Waals surface area contributed by atoms with Crippen molar-refractivity contribution in [3.05, 3.63) is 65.1 Å². The van der Waals surface area contributed by atoms with Crippen LogP contribution in [-0.4, -0.2) is 44.5 Å². The van der Waals surface area contributed by atoms with E-state index < -0.39 is 0 Å². The van der Waals surface area contributed by atoms with Crippen LogP contribution in [0.5, 0.6) is 0 Å². The second-order valence-corrected chi connectivity index (χ2v) is 7.98. The lowest BCUT2D eigenvalue weighted by Gasteiger charge is -2.30. The number of aromatic nitrogens is 4. The molecule has 0 amide bonds. The monoisotopic (exact) mass is 409 g/mol. The fraction of sp³-hybridized carbons (Fsp3) is 0.522. The molecule has 1 aromatic carbocycles. The van der Waals surface area contributed by atoms with E-state index in [1.165, 1.54) is 16.8 Å². The molecular weight excluding hydrogens is 378 g/mol. The highest BCUT2D eigenvalue weighted by molar-refractivity contribution is 5.16. The lowest BCUT2D eigenvalue weighted by Crippen LogP contribution is -2.34. The van der Waals surface area contributed by atoms with E-state index in [-0.39, 0.29) is 0 Å². The number of aryl methyl sites for hydroxylation is 1. The van der Waals surface area contributed by atoms with Crippen LogP contribution in [0.15, 0.2) is 41.1 Å². The van der Waals surface area contributed by atoms with Crippen LogP contribution in [-0.2, 0) is 30.9 Å². The Hall–Kier alpha value is -2.51. The zero-order valence-electron chi connectivity index (χ0n) is 18.0. The third-order valence-electron chi connectivity index (χ3n) is 5.82. The van der Waals surface area contributed by atoms with Crippen LogP contribution in [0.1, 0.15) is 54.2 Å². The van der Waals surface area contributed by atoms with Gasteiger partial charge >= 0.3 is 0 Å². The van der Waals surface area contributed by atoms with Crippen molar-refractivity contribution in [2.75, 3.05) is 19.7 Å². The van der Waals surface area contributed by atoms with Crippen molar-refractivity contribution in [3.63, 3.8) is 0 Å². The van der Waals surface area contributed by atoms with E-state index in [1.54, 1.807) is 0 Å². The van der Waals surface area contributed by atoms with Gasteiger partial charge in [-0.05, 0) is 38.8 Å². The van der Waals surface area contributed by atoms with E-state index in [2.05, 4.69) is 50.8 Å². The average Bonchev–Trinajstić information content (AvgIpc) is 3.39. The average molecular weight is 410 g/mol. The van der Waals surface area contributed by atoms with Gasteiger partial charge in [-0.2, -0.15) is 10.1 Å². The van der Waals surface area contributed by atoms with E-state index in [4.69, 9.17) is 9.26 Å². The van der Waals surface area contributed by atoms with Gasteiger partial charge in [-0.25, -0.2) is 0 Å². The van der Waals surface area contributed by atoms with Crippen LogP contribution in [0.4, 0.5) is 0 Å². The first-order valence-corrected chi connectivity index (χ1v) is 10.9. The standard InChI is InChI=1S/C23H31N5O2/c1-3-28-18(2)21(14-24-28)16-27-12-7-10-20(15-27)23-25-22(26-30-23)11-13-29-17-19-8-5-4-6-9-19/h4-6,8-9,14,20H,3,7,10-13,15-17H2,1-2H3. The Morgan fingerprint density at radius 3 is 2.90 bits per heavy atom. The summed E-state index contributed by atoms with van der Waals surface area (Å²) in [4.78, 5) is 7.13. The number of ether oxygens (including phenoxy) is 1. The van der Waals surface area contributed by atoms with Gasteiger partial charge < -0.3 is 9.26 Å².